The van der Waals surface area contributed by atoms with Crippen LogP contribution in [0.25, 0.3) is 11.0 Å². The summed E-state index contributed by atoms with van der Waals surface area (Å²) in [6, 6.07) is 1.71. The van der Waals surface area contributed by atoms with Crippen molar-refractivity contribution in [3.8, 4) is 0 Å². The smallest absolute Gasteiger partial charge is 0.359 e. The van der Waals surface area contributed by atoms with Crippen LogP contribution in [-0.2, 0) is 17.5 Å². The Labute approximate surface area is 182 Å². The fourth-order valence-electron chi connectivity index (χ4n) is 6.03. The van der Waals surface area contributed by atoms with Gasteiger partial charge in [0, 0.05) is 32.9 Å². The highest BCUT2D eigenvalue weighted by atomic mass is 19.4. The molecule has 3 saturated carbocycles. The number of hydrogen-bond acceptors (Lipinski definition) is 4. The molecule has 6 rings (SSSR count). The minimum atomic E-state index is -4.72. The average Bonchev–Trinajstić information content (AvgIpc) is 2.65. The van der Waals surface area contributed by atoms with Crippen LogP contribution in [0.2, 0.25) is 0 Å². The number of hydrogen-bond donors (Lipinski definition) is 2. The third-order valence-corrected chi connectivity index (χ3v) is 7.55. The number of fused-ring (bicyclic) bond motifs is 1. The van der Waals surface area contributed by atoms with Crippen molar-refractivity contribution in [3.63, 3.8) is 0 Å². The number of nitrogens with zero attached hydrogens (tertiary/aromatic N) is 2. The fourth-order valence-corrected chi connectivity index (χ4v) is 6.03. The predicted molar refractivity (Wildman–Crippen MR) is 113 cm³/mol. The van der Waals surface area contributed by atoms with Gasteiger partial charge >= 0.3 is 6.18 Å². The largest absolute Gasteiger partial charge is 0.422 e. The van der Waals surface area contributed by atoms with Crippen LogP contribution in [-0.4, -0.2) is 40.9 Å². The maximum Gasteiger partial charge on any atom is 0.422 e. The van der Waals surface area contributed by atoms with Crippen LogP contribution in [0.1, 0.15) is 42.4 Å². The van der Waals surface area contributed by atoms with E-state index in [-0.39, 0.29) is 27.8 Å². The van der Waals surface area contributed by atoms with Crippen molar-refractivity contribution in [3.05, 3.63) is 51.0 Å². The van der Waals surface area contributed by atoms with Gasteiger partial charge in [-0.3, -0.25) is 19.5 Å². The Morgan fingerprint density at radius 2 is 2.03 bits per heavy atom. The van der Waals surface area contributed by atoms with Gasteiger partial charge in [0.25, 0.3) is 5.56 Å². The summed E-state index contributed by atoms with van der Waals surface area (Å²) in [6.07, 6.45) is 2.94. The van der Waals surface area contributed by atoms with E-state index in [4.69, 9.17) is 0 Å². The van der Waals surface area contributed by atoms with Gasteiger partial charge in [-0.25, -0.2) is 0 Å². The monoisotopic (exact) mass is 446 g/mol. The molecule has 0 spiro atoms. The second-order valence-corrected chi connectivity index (χ2v) is 9.58. The van der Waals surface area contributed by atoms with Gasteiger partial charge in [0.05, 0.1) is 16.4 Å². The molecule has 32 heavy (non-hydrogen) atoms. The third-order valence-electron chi connectivity index (χ3n) is 7.55. The molecule has 0 atom stereocenters. The molecule has 2 N–H and O–H groups in total. The van der Waals surface area contributed by atoms with Crippen LogP contribution in [0.15, 0.2) is 28.7 Å². The van der Waals surface area contributed by atoms with Crippen molar-refractivity contribution in [1.29, 1.82) is 0 Å². The number of aromatic nitrogens is 2. The Hall–Kier alpha value is -2.68. The van der Waals surface area contributed by atoms with E-state index in [1.165, 1.54) is 12.5 Å². The molecule has 0 saturated heterocycles. The van der Waals surface area contributed by atoms with Crippen molar-refractivity contribution in [1.82, 2.24) is 20.2 Å². The van der Waals surface area contributed by atoms with Crippen molar-refractivity contribution in [2.24, 2.45) is 10.8 Å². The van der Waals surface area contributed by atoms with E-state index in [1.54, 1.807) is 19.3 Å². The molecule has 3 aliphatic carbocycles. The molecule has 1 amide bonds. The van der Waals surface area contributed by atoms with E-state index in [2.05, 4.69) is 26.3 Å². The lowest BCUT2D eigenvalue weighted by Gasteiger charge is -2.70. The van der Waals surface area contributed by atoms with Gasteiger partial charge in [-0.1, -0.05) is 11.6 Å². The highest BCUT2D eigenvalue weighted by Gasteiger charge is 2.72. The molecular weight excluding hydrogens is 421 g/mol. The lowest BCUT2D eigenvalue weighted by atomic mass is 9.32. The van der Waals surface area contributed by atoms with Gasteiger partial charge in [-0.2, -0.15) is 13.2 Å². The maximum absolute atomic E-state index is 13.2. The minimum absolute atomic E-state index is 0.134. The van der Waals surface area contributed by atoms with Gasteiger partial charge < -0.3 is 10.3 Å². The summed E-state index contributed by atoms with van der Waals surface area (Å²) in [4.78, 5) is 32.8. The molecule has 0 unspecified atom stereocenters. The summed E-state index contributed by atoms with van der Waals surface area (Å²) in [6.45, 7) is 3.54. The summed E-state index contributed by atoms with van der Waals surface area (Å²) in [7, 11) is 1.70. The predicted octanol–water partition coefficient (Wildman–Crippen LogP) is 3.30. The van der Waals surface area contributed by atoms with E-state index in [1.807, 2.05) is 0 Å². The van der Waals surface area contributed by atoms with E-state index < -0.39 is 17.3 Å². The van der Waals surface area contributed by atoms with E-state index in [9.17, 15) is 22.8 Å². The lowest BCUT2D eigenvalue weighted by molar-refractivity contribution is -0.192. The van der Waals surface area contributed by atoms with Crippen molar-refractivity contribution in [2.45, 2.75) is 45.3 Å². The molecule has 3 heterocycles. The molecule has 170 valence electrons. The molecule has 3 fully saturated rings. The molecule has 6 nitrogen and oxygen atoms in total. The summed E-state index contributed by atoms with van der Waals surface area (Å²) in [5, 5.41) is 2.78. The number of halogens is 3. The lowest BCUT2D eigenvalue weighted by Crippen LogP contribution is -2.68. The second-order valence-electron chi connectivity index (χ2n) is 9.58. The van der Waals surface area contributed by atoms with Crippen LogP contribution in [0.5, 0.6) is 0 Å². The van der Waals surface area contributed by atoms with Gasteiger partial charge in [0.2, 0.25) is 5.91 Å². The number of aryl methyl sites for hydroxylation is 1. The second kappa shape index (κ2) is 6.91. The SMILES string of the molecule is CNC(=O)C12CC(C3=CCN(Cc4cnc5c(C)c(C(F)(F)F)c(=O)[nH]c5c4)CC3)(C1)C2. The first-order chi connectivity index (χ1) is 15.1. The van der Waals surface area contributed by atoms with Gasteiger partial charge in [-0.05, 0) is 55.2 Å². The van der Waals surface area contributed by atoms with Crippen molar-refractivity contribution >= 4 is 16.9 Å². The number of alkyl halides is 3. The molecule has 0 aromatic carbocycles. The fraction of sp³-hybridized carbons (Fsp3) is 0.522. The zero-order valence-corrected chi connectivity index (χ0v) is 18.0. The molecule has 1 aliphatic heterocycles. The molecule has 4 aliphatic rings. The first-order valence-electron chi connectivity index (χ1n) is 10.8. The number of carbonyl (C=O) groups excluding carboxylic acids is 1. The van der Waals surface area contributed by atoms with Crippen LogP contribution in [0, 0.1) is 17.8 Å². The Morgan fingerprint density at radius 3 is 2.62 bits per heavy atom. The van der Waals surface area contributed by atoms with Gasteiger partial charge in [0.15, 0.2) is 0 Å². The summed E-state index contributed by atoms with van der Waals surface area (Å²) in [5.74, 6) is 0.164. The normalized spacial score (nSPS) is 27.5. The first kappa shape index (κ1) is 21.2. The number of carbonyl (C=O) groups is 1. The zero-order chi connectivity index (χ0) is 22.9. The summed E-state index contributed by atoms with van der Waals surface area (Å²) < 4.78 is 39.5. The number of aromatic amines is 1. The molecule has 2 bridgehead atoms. The van der Waals surface area contributed by atoms with Crippen LogP contribution < -0.4 is 10.9 Å². The number of H-pyrrole nitrogens is 1. The number of nitrogens with one attached hydrogen (secondary N) is 2. The highest BCUT2D eigenvalue weighted by Crippen LogP contribution is 2.76. The van der Waals surface area contributed by atoms with E-state index >= 15 is 0 Å². The Bertz CT molecular complexity index is 1190. The molecule has 2 aromatic rings. The Balaban J connectivity index is 1.28. The van der Waals surface area contributed by atoms with Gasteiger partial charge in [0.1, 0.15) is 5.56 Å². The third kappa shape index (κ3) is 3.09. The maximum atomic E-state index is 13.2. The Kier molecular flexibility index (Phi) is 4.57. The Morgan fingerprint density at radius 1 is 1.31 bits per heavy atom. The molecule has 0 radical (unpaired) electrons. The standard InChI is InChI=1S/C23H25F3N4O2/c1-13-17(23(24,25)26)19(31)29-16-7-14(8-28-18(13)16)9-30-5-3-15(4-6-30)21-10-22(11-21,12-21)20(32)27-2/h3,7-8H,4-6,9-12H2,1-2H3,(H,27,32)(H,29,31). The quantitative estimate of drug-likeness (QED) is 0.707. The average molecular weight is 446 g/mol. The highest BCUT2D eigenvalue weighted by molar-refractivity contribution is 5.86. The van der Waals surface area contributed by atoms with Crippen molar-refractivity contribution < 1.29 is 18.0 Å². The summed E-state index contributed by atoms with van der Waals surface area (Å²) in [5.41, 5.74) is 0.381. The minimum Gasteiger partial charge on any atom is -0.359 e. The zero-order valence-electron chi connectivity index (χ0n) is 18.0. The van der Waals surface area contributed by atoms with Crippen molar-refractivity contribution in [2.75, 3.05) is 20.1 Å². The number of amides is 1. The van der Waals surface area contributed by atoms with Gasteiger partial charge in [-0.15, -0.1) is 0 Å². The van der Waals surface area contributed by atoms with E-state index in [0.29, 0.717) is 12.1 Å². The molecule has 9 heteroatoms. The summed E-state index contributed by atoms with van der Waals surface area (Å²) >= 11 is 0. The topological polar surface area (TPSA) is 78.1 Å². The van der Waals surface area contributed by atoms with Crippen LogP contribution in [0.3, 0.4) is 0 Å². The van der Waals surface area contributed by atoms with E-state index in [0.717, 1.165) is 44.3 Å². The molecule has 2 aromatic heterocycles. The van der Waals surface area contributed by atoms with Crippen LogP contribution >= 0.6 is 0 Å². The number of pyridine rings is 2. The van der Waals surface area contributed by atoms with Crippen LogP contribution in [0.4, 0.5) is 13.2 Å². The number of rotatable bonds is 4. The molecular formula is C23H25F3N4O2. The first-order valence-corrected chi connectivity index (χ1v) is 10.8.